The summed E-state index contributed by atoms with van der Waals surface area (Å²) in [5.41, 5.74) is 3.40. The molecule has 0 radical (unpaired) electrons. The average molecular weight is 593 g/mol. The highest BCUT2D eigenvalue weighted by atomic mass is 16.5. The average Bonchev–Trinajstić information content (AvgIpc) is 3.47. The number of carbonyl (C=O) groups excluding carboxylic acids is 1. The zero-order valence-electron chi connectivity index (χ0n) is 24.9. The minimum Gasteiger partial charge on any atom is -0.378 e. The molecule has 4 aromatic rings. The summed E-state index contributed by atoms with van der Waals surface area (Å²) in [5.74, 6) is 1.76. The molecule has 0 spiro atoms. The number of hydrogen-bond donors (Lipinski definition) is 2. The number of hydrogen-bond acceptors (Lipinski definition) is 9. The number of anilines is 3. The van der Waals surface area contributed by atoms with E-state index in [9.17, 15) is 10.1 Å². The van der Waals surface area contributed by atoms with Gasteiger partial charge in [-0.15, -0.1) is 0 Å². The lowest BCUT2D eigenvalue weighted by Gasteiger charge is -2.39. The molecule has 12 nitrogen and oxygen atoms in total. The van der Waals surface area contributed by atoms with Gasteiger partial charge in [0.25, 0.3) is 0 Å². The Bertz CT molecular complexity index is 1600. The quantitative estimate of drug-likeness (QED) is 0.294. The fourth-order valence-corrected chi connectivity index (χ4v) is 5.77. The Balaban J connectivity index is 1.14. The summed E-state index contributed by atoms with van der Waals surface area (Å²) in [7, 11) is 3.57. The van der Waals surface area contributed by atoms with E-state index in [1.54, 1.807) is 35.3 Å². The van der Waals surface area contributed by atoms with Crippen molar-refractivity contribution in [2.24, 2.45) is 7.05 Å². The van der Waals surface area contributed by atoms with Gasteiger partial charge in [0.05, 0.1) is 18.5 Å². The van der Waals surface area contributed by atoms with Gasteiger partial charge in [0.15, 0.2) is 5.82 Å². The zero-order chi connectivity index (χ0) is 30.5. The third-order valence-corrected chi connectivity index (χ3v) is 8.30. The zero-order valence-corrected chi connectivity index (χ0v) is 24.9. The van der Waals surface area contributed by atoms with E-state index in [-0.39, 0.29) is 24.2 Å². The van der Waals surface area contributed by atoms with Gasteiger partial charge in [0.2, 0.25) is 5.95 Å². The SMILES string of the molecule is COC1CN(c2nc(N[C@H]3CC[C@H](N(C(=O)NCc4ccccc4)c4ccc(-c5cnn(C)c5)cn4)CC3)ncc2C#N)C1. The number of urea groups is 1. The normalized spacial score (nSPS) is 18.2. The second-order valence-electron chi connectivity index (χ2n) is 11.3. The van der Waals surface area contributed by atoms with Crippen LogP contribution in [0.4, 0.5) is 22.4 Å². The summed E-state index contributed by atoms with van der Waals surface area (Å²) < 4.78 is 7.14. The summed E-state index contributed by atoms with van der Waals surface area (Å²) >= 11 is 0. The first-order chi connectivity index (χ1) is 21.5. The number of aromatic nitrogens is 5. The molecular weight excluding hydrogens is 556 g/mol. The molecule has 1 saturated heterocycles. The molecule has 2 aliphatic rings. The Morgan fingerprint density at radius 1 is 1.05 bits per heavy atom. The number of rotatable bonds is 9. The first-order valence-electron chi connectivity index (χ1n) is 14.9. The molecule has 1 saturated carbocycles. The van der Waals surface area contributed by atoms with Crippen LogP contribution in [0.25, 0.3) is 11.1 Å². The van der Waals surface area contributed by atoms with Gasteiger partial charge < -0.3 is 20.3 Å². The van der Waals surface area contributed by atoms with Crippen LogP contribution in [0.2, 0.25) is 0 Å². The standard InChI is InChI=1S/C32H36N10O2/c1-40-19-25(18-37-40)23-8-13-29(34-16-23)42(32(43)36-15-22-6-4-3-5-7-22)27-11-9-26(10-12-27)38-31-35-17-24(14-33)30(39-31)41-20-28(21-41)44-2/h3-8,13,16-19,26-28H,9-12,15,20-21H2,1-2H3,(H,36,43)(H,35,38,39)/t26-,27-. The number of benzene rings is 1. The minimum absolute atomic E-state index is 0.0231. The van der Waals surface area contributed by atoms with Gasteiger partial charge in [-0.1, -0.05) is 30.3 Å². The van der Waals surface area contributed by atoms with Crippen LogP contribution in [0, 0.1) is 11.3 Å². The molecule has 12 heteroatoms. The lowest BCUT2D eigenvalue weighted by Crippen LogP contribution is -2.52. The molecule has 2 N–H and O–H groups in total. The van der Waals surface area contributed by atoms with Gasteiger partial charge >= 0.3 is 6.03 Å². The van der Waals surface area contributed by atoms with E-state index in [1.807, 2.05) is 60.6 Å². The highest BCUT2D eigenvalue weighted by molar-refractivity contribution is 5.91. The molecule has 44 heavy (non-hydrogen) atoms. The highest BCUT2D eigenvalue weighted by Crippen LogP contribution is 2.30. The third-order valence-electron chi connectivity index (χ3n) is 8.30. The second kappa shape index (κ2) is 13.1. The van der Waals surface area contributed by atoms with Crippen LogP contribution < -0.4 is 20.4 Å². The highest BCUT2D eigenvalue weighted by Gasteiger charge is 2.32. The number of nitrogens with one attached hydrogen (secondary N) is 2. The Labute approximate surface area is 256 Å². The van der Waals surface area contributed by atoms with Crippen molar-refractivity contribution >= 4 is 23.6 Å². The van der Waals surface area contributed by atoms with E-state index < -0.39 is 0 Å². The number of carbonyl (C=O) groups is 1. The Hall–Kier alpha value is -5.02. The number of ether oxygens (including phenoxy) is 1. The van der Waals surface area contributed by atoms with Crippen LogP contribution >= 0.6 is 0 Å². The van der Waals surface area contributed by atoms with Crippen molar-refractivity contribution in [1.29, 1.82) is 5.26 Å². The molecular formula is C32H36N10O2. The second-order valence-corrected chi connectivity index (χ2v) is 11.3. The van der Waals surface area contributed by atoms with Crippen molar-refractivity contribution in [1.82, 2.24) is 30.0 Å². The largest absolute Gasteiger partial charge is 0.378 e. The van der Waals surface area contributed by atoms with Crippen molar-refractivity contribution in [2.75, 3.05) is 35.3 Å². The van der Waals surface area contributed by atoms with E-state index >= 15 is 0 Å². The van der Waals surface area contributed by atoms with Crippen LogP contribution in [0.5, 0.6) is 0 Å². The van der Waals surface area contributed by atoms with Crippen molar-refractivity contribution in [3.05, 3.63) is 78.4 Å². The molecule has 226 valence electrons. The molecule has 1 aliphatic heterocycles. The van der Waals surface area contributed by atoms with E-state index in [0.29, 0.717) is 42.8 Å². The molecule has 3 aromatic heterocycles. The van der Waals surface area contributed by atoms with E-state index in [4.69, 9.17) is 9.72 Å². The van der Waals surface area contributed by atoms with Gasteiger partial charge in [-0.3, -0.25) is 9.58 Å². The summed E-state index contributed by atoms with van der Waals surface area (Å²) in [5, 5.41) is 20.4. The van der Waals surface area contributed by atoms with Crippen LogP contribution in [-0.4, -0.2) is 69.2 Å². The smallest absolute Gasteiger partial charge is 0.323 e. The van der Waals surface area contributed by atoms with Gasteiger partial charge in [-0.05, 0) is 43.4 Å². The van der Waals surface area contributed by atoms with E-state index in [1.165, 1.54) is 0 Å². The maximum absolute atomic E-state index is 13.7. The fraction of sp³-hybridized carbons (Fsp3) is 0.375. The van der Waals surface area contributed by atoms with Crippen molar-refractivity contribution < 1.29 is 9.53 Å². The first-order valence-corrected chi connectivity index (χ1v) is 14.9. The van der Waals surface area contributed by atoms with Crippen molar-refractivity contribution in [3.8, 4) is 17.2 Å². The van der Waals surface area contributed by atoms with Crippen LogP contribution in [0.1, 0.15) is 36.8 Å². The number of nitriles is 1. The maximum atomic E-state index is 13.7. The molecule has 1 aromatic carbocycles. The van der Waals surface area contributed by atoms with E-state index in [2.05, 4.69) is 31.8 Å². The summed E-state index contributed by atoms with van der Waals surface area (Å²) in [6.07, 6.45) is 10.5. The molecule has 2 amide bonds. The van der Waals surface area contributed by atoms with E-state index in [0.717, 1.165) is 42.4 Å². The predicted molar refractivity (Wildman–Crippen MR) is 167 cm³/mol. The van der Waals surface area contributed by atoms with Crippen LogP contribution in [-0.2, 0) is 18.3 Å². The lowest BCUT2D eigenvalue weighted by molar-refractivity contribution is 0.0783. The minimum atomic E-state index is -0.170. The topological polar surface area (TPSA) is 137 Å². The van der Waals surface area contributed by atoms with Crippen LogP contribution in [0.15, 0.2) is 67.3 Å². The number of methoxy groups -OCH3 is 1. The number of amides is 2. The number of aryl methyl sites for hydroxylation is 1. The number of nitrogens with zero attached hydrogens (tertiary/aromatic N) is 8. The Morgan fingerprint density at radius 3 is 2.50 bits per heavy atom. The Morgan fingerprint density at radius 2 is 1.84 bits per heavy atom. The molecule has 0 bridgehead atoms. The molecule has 2 fully saturated rings. The monoisotopic (exact) mass is 592 g/mol. The molecule has 0 unspecified atom stereocenters. The maximum Gasteiger partial charge on any atom is 0.323 e. The van der Waals surface area contributed by atoms with Gasteiger partial charge in [0.1, 0.15) is 17.5 Å². The molecule has 4 heterocycles. The molecule has 1 aliphatic carbocycles. The van der Waals surface area contributed by atoms with Crippen LogP contribution in [0.3, 0.4) is 0 Å². The molecule has 0 atom stereocenters. The first kappa shape index (κ1) is 29.1. The summed E-state index contributed by atoms with van der Waals surface area (Å²) in [4.78, 5) is 31.3. The van der Waals surface area contributed by atoms with Crippen molar-refractivity contribution in [3.63, 3.8) is 0 Å². The number of pyridine rings is 1. The van der Waals surface area contributed by atoms with Gasteiger partial charge in [-0.25, -0.2) is 14.8 Å². The third kappa shape index (κ3) is 6.48. The lowest BCUT2D eigenvalue weighted by atomic mass is 9.90. The fourth-order valence-electron chi connectivity index (χ4n) is 5.77. The summed E-state index contributed by atoms with van der Waals surface area (Å²) in [6.45, 7) is 1.83. The van der Waals surface area contributed by atoms with Gasteiger partial charge in [0, 0.05) is 69.4 Å². The Kier molecular flexibility index (Phi) is 8.65. The summed E-state index contributed by atoms with van der Waals surface area (Å²) in [6, 6.07) is 15.9. The molecule has 6 rings (SSSR count). The van der Waals surface area contributed by atoms with Crippen molar-refractivity contribution in [2.45, 2.75) is 50.4 Å². The van der Waals surface area contributed by atoms with Gasteiger partial charge in [-0.2, -0.15) is 15.3 Å². The predicted octanol–water partition coefficient (Wildman–Crippen LogP) is 4.12.